The number of hydrogen-bond acceptors (Lipinski definition) is 7. The molecule has 0 spiro atoms. The van der Waals surface area contributed by atoms with Crippen LogP contribution in [0, 0.1) is 10.1 Å². The van der Waals surface area contributed by atoms with Crippen LogP contribution in [0.15, 0.2) is 23.2 Å². The summed E-state index contributed by atoms with van der Waals surface area (Å²) in [6, 6.07) is 1.23. The van der Waals surface area contributed by atoms with Gasteiger partial charge in [0.2, 0.25) is 11.5 Å². The van der Waals surface area contributed by atoms with E-state index in [0.29, 0.717) is 12.2 Å². The molecule has 0 radical (unpaired) electrons. The third kappa shape index (κ3) is 3.06. The molecule has 2 aromatic rings. The number of nitrogens with zero attached hydrogens (tertiary/aromatic N) is 4. The molecule has 0 unspecified atom stereocenters. The van der Waals surface area contributed by atoms with Crippen LogP contribution in [0.2, 0.25) is 5.15 Å². The summed E-state index contributed by atoms with van der Waals surface area (Å²) >= 11 is 5.62. The summed E-state index contributed by atoms with van der Waals surface area (Å²) in [7, 11) is 0. The van der Waals surface area contributed by atoms with Crippen molar-refractivity contribution in [1.29, 1.82) is 0 Å². The molecule has 0 saturated carbocycles. The Morgan fingerprint density at radius 2 is 2.30 bits per heavy atom. The highest BCUT2D eigenvalue weighted by atomic mass is 35.5. The minimum absolute atomic E-state index is 0.150. The number of nitrogens with one attached hydrogen (secondary N) is 1. The Bertz CT molecular complexity index is 631. The highest BCUT2D eigenvalue weighted by Gasteiger charge is 2.24. The van der Waals surface area contributed by atoms with Crippen LogP contribution in [0.25, 0.3) is 0 Å². The highest BCUT2D eigenvalue weighted by molar-refractivity contribution is 6.32. The number of carbonyl (C=O) groups is 1. The molecular weight excluding hydrogens is 290 g/mol. The van der Waals surface area contributed by atoms with Crippen molar-refractivity contribution in [3.05, 3.63) is 45.3 Å². The number of amides is 1. The zero-order valence-corrected chi connectivity index (χ0v) is 10.7. The summed E-state index contributed by atoms with van der Waals surface area (Å²) in [6.07, 6.45) is 2.74. The lowest BCUT2D eigenvalue weighted by Crippen LogP contribution is -2.26. The molecule has 2 rings (SSSR count). The third-order valence-electron chi connectivity index (χ3n) is 2.35. The maximum atomic E-state index is 11.9. The van der Waals surface area contributed by atoms with Gasteiger partial charge in [-0.3, -0.25) is 14.9 Å². The van der Waals surface area contributed by atoms with Gasteiger partial charge in [0.1, 0.15) is 5.56 Å². The molecule has 0 fully saturated rings. The average molecular weight is 298 g/mol. The van der Waals surface area contributed by atoms with Crippen LogP contribution < -0.4 is 5.32 Å². The largest absolute Gasteiger partial charge is 0.351 e. The molecule has 0 aliphatic carbocycles. The Hall–Kier alpha value is -2.55. The molecule has 0 atom stereocenters. The van der Waals surface area contributed by atoms with Crippen LogP contribution in [0.1, 0.15) is 16.2 Å². The van der Waals surface area contributed by atoms with Crippen LogP contribution in [-0.2, 0) is 6.42 Å². The number of pyridine rings is 1. The Morgan fingerprint density at radius 1 is 1.50 bits per heavy atom. The minimum atomic E-state index is -0.747. The molecule has 1 N–H and O–H groups in total. The third-order valence-corrected chi connectivity index (χ3v) is 2.62. The van der Waals surface area contributed by atoms with Gasteiger partial charge in [0.15, 0.2) is 5.82 Å². The zero-order chi connectivity index (χ0) is 14.5. The van der Waals surface area contributed by atoms with Crippen LogP contribution in [0.3, 0.4) is 0 Å². The molecule has 9 nitrogen and oxygen atoms in total. The van der Waals surface area contributed by atoms with Gasteiger partial charge in [0.25, 0.3) is 5.91 Å². The van der Waals surface area contributed by atoms with Crippen LogP contribution in [-0.4, -0.2) is 32.5 Å². The predicted octanol–water partition coefficient (Wildman–Crippen LogP) is 0.999. The fraction of sp³-hybridized carbons (Fsp3) is 0.200. The number of carbonyl (C=O) groups excluding carboxylic acids is 1. The van der Waals surface area contributed by atoms with Gasteiger partial charge in [-0.15, -0.1) is 0 Å². The number of rotatable bonds is 5. The lowest BCUT2D eigenvalue weighted by Gasteiger charge is -2.04. The Labute approximate surface area is 117 Å². The van der Waals surface area contributed by atoms with Crippen molar-refractivity contribution in [2.45, 2.75) is 6.42 Å². The quantitative estimate of drug-likeness (QED) is 0.496. The van der Waals surface area contributed by atoms with Crippen LogP contribution in [0.5, 0.6) is 0 Å². The second-order valence-electron chi connectivity index (χ2n) is 3.61. The van der Waals surface area contributed by atoms with Gasteiger partial charge in [-0.2, -0.15) is 4.98 Å². The summed E-state index contributed by atoms with van der Waals surface area (Å²) in [5, 5.41) is 16.6. The van der Waals surface area contributed by atoms with Gasteiger partial charge in [0, 0.05) is 19.2 Å². The molecule has 10 heteroatoms. The van der Waals surface area contributed by atoms with E-state index >= 15 is 0 Å². The Kier molecular flexibility index (Phi) is 4.20. The lowest BCUT2D eigenvalue weighted by atomic mass is 10.2. The lowest BCUT2D eigenvalue weighted by molar-refractivity contribution is -0.385. The van der Waals surface area contributed by atoms with Crippen molar-refractivity contribution in [2.24, 2.45) is 0 Å². The second-order valence-corrected chi connectivity index (χ2v) is 3.97. The van der Waals surface area contributed by atoms with Crippen LogP contribution in [0.4, 0.5) is 5.69 Å². The summed E-state index contributed by atoms with van der Waals surface area (Å²) in [4.78, 5) is 29.4. The summed E-state index contributed by atoms with van der Waals surface area (Å²) in [5.74, 6) is -0.197. The van der Waals surface area contributed by atoms with Gasteiger partial charge < -0.3 is 9.84 Å². The molecule has 0 bridgehead atoms. The van der Waals surface area contributed by atoms with Crippen molar-refractivity contribution >= 4 is 23.2 Å². The normalized spacial score (nSPS) is 10.2. The monoisotopic (exact) mass is 297 g/mol. The smallest absolute Gasteiger partial charge is 0.319 e. The topological polar surface area (TPSA) is 124 Å². The molecule has 0 aliphatic rings. The fourth-order valence-electron chi connectivity index (χ4n) is 1.47. The summed E-state index contributed by atoms with van der Waals surface area (Å²) in [6.45, 7) is 0.204. The van der Waals surface area contributed by atoms with Gasteiger partial charge in [-0.1, -0.05) is 16.8 Å². The van der Waals surface area contributed by atoms with Crippen molar-refractivity contribution in [3.8, 4) is 0 Å². The minimum Gasteiger partial charge on any atom is -0.351 e. The first-order valence-corrected chi connectivity index (χ1v) is 5.79. The van der Waals surface area contributed by atoms with E-state index in [-0.39, 0.29) is 17.3 Å². The van der Waals surface area contributed by atoms with E-state index in [1.807, 2.05) is 0 Å². The Morgan fingerprint density at radius 3 is 2.95 bits per heavy atom. The maximum absolute atomic E-state index is 11.9. The second kappa shape index (κ2) is 6.06. The van der Waals surface area contributed by atoms with E-state index in [4.69, 9.17) is 11.6 Å². The number of nitro groups is 1. The molecule has 0 aromatic carbocycles. The predicted molar refractivity (Wildman–Crippen MR) is 66.2 cm³/mol. The van der Waals surface area contributed by atoms with E-state index in [1.165, 1.54) is 18.7 Å². The maximum Gasteiger partial charge on any atom is 0.319 e. The summed E-state index contributed by atoms with van der Waals surface area (Å²) in [5.41, 5.74) is -0.672. The molecule has 2 heterocycles. The first kappa shape index (κ1) is 13.9. The standard InChI is InChI=1S/C10H8ClN5O4/c11-9-8(16(18)19)6(1-3-12-9)10(17)13-4-2-7-14-5-20-15-7/h1,3,5H,2,4H2,(H,13,17). The van der Waals surface area contributed by atoms with Crippen molar-refractivity contribution < 1.29 is 14.2 Å². The van der Waals surface area contributed by atoms with Gasteiger partial charge in [-0.05, 0) is 6.07 Å². The SMILES string of the molecule is O=C(NCCc1ncon1)c1ccnc(Cl)c1[N+](=O)[O-]. The molecule has 20 heavy (non-hydrogen) atoms. The number of hydrogen-bond donors (Lipinski definition) is 1. The summed E-state index contributed by atoms with van der Waals surface area (Å²) < 4.78 is 4.53. The average Bonchev–Trinajstić information content (AvgIpc) is 2.91. The van der Waals surface area contributed by atoms with Gasteiger partial charge >= 0.3 is 5.69 Å². The van der Waals surface area contributed by atoms with Crippen molar-refractivity contribution in [2.75, 3.05) is 6.54 Å². The molecule has 0 saturated heterocycles. The molecule has 2 aromatic heterocycles. The molecule has 104 valence electrons. The van der Waals surface area contributed by atoms with E-state index < -0.39 is 16.5 Å². The van der Waals surface area contributed by atoms with E-state index in [2.05, 4.69) is 25.0 Å². The van der Waals surface area contributed by atoms with E-state index in [9.17, 15) is 14.9 Å². The van der Waals surface area contributed by atoms with E-state index in [1.54, 1.807) is 0 Å². The first-order chi connectivity index (χ1) is 9.59. The van der Waals surface area contributed by atoms with Gasteiger partial charge in [0.05, 0.1) is 4.92 Å². The molecule has 1 amide bonds. The van der Waals surface area contributed by atoms with Crippen molar-refractivity contribution in [1.82, 2.24) is 20.4 Å². The highest BCUT2D eigenvalue weighted by Crippen LogP contribution is 2.25. The molecular formula is C10H8ClN5O4. The molecule has 0 aliphatic heterocycles. The first-order valence-electron chi connectivity index (χ1n) is 5.42. The Balaban J connectivity index is 2.06. The number of aromatic nitrogens is 3. The fourth-order valence-corrected chi connectivity index (χ4v) is 1.70. The number of halogens is 1. The van der Waals surface area contributed by atoms with Crippen LogP contribution >= 0.6 is 11.6 Å². The zero-order valence-electron chi connectivity index (χ0n) is 9.95. The van der Waals surface area contributed by atoms with Crippen molar-refractivity contribution in [3.63, 3.8) is 0 Å². The van der Waals surface area contributed by atoms with E-state index in [0.717, 1.165) is 0 Å². The van der Waals surface area contributed by atoms with Gasteiger partial charge in [-0.25, -0.2) is 4.98 Å².